The second-order valence-corrected chi connectivity index (χ2v) is 5.26. The minimum Gasteiger partial charge on any atom is -0.294 e. The molecule has 0 saturated heterocycles. The third-order valence-corrected chi connectivity index (χ3v) is 3.69. The minimum absolute atomic E-state index is 0.000278. The van der Waals surface area contributed by atoms with Gasteiger partial charge in [0.05, 0.1) is 17.7 Å². The van der Waals surface area contributed by atoms with Crippen molar-refractivity contribution in [2.45, 2.75) is 20.3 Å². The molecule has 0 saturated carbocycles. The van der Waals surface area contributed by atoms with E-state index in [0.29, 0.717) is 5.01 Å². The Hall–Kier alpha value is -1.62. The third kappa shape index (κ3) is 2.61. The number of rotatable bonds is 3. The van der Waals surface area contributed by atoms with Gasteiger partial charge >= 0.3 is 0 Å². The average molecular weight is 267 g/mol. The fourth-order valence-electron chi connectivity index (χ4n) is 1.56. The molecule has 5 heteroatoms. The molecule has 0 aliphatic carbocycles. The van der Waals surface area contributed by atoms with Gasteiger partial charge in [0.2, 0.25) is 0 Å². The van der Waals surface area contributed by atoms with Gasteiger partial charge in [-0.1, -0.05) is 0 Å². The molecule has 0 bridgehead atoms. The zero-order valence-corrected chi connectivity index (χ0v) is 10.8. The molecule has 2 nitrogen and oxygen atoms in total. The van der Waals surface area contributed by atoms with Crippen LogP contribution >= 0.6 is 11.3 Å². The molecule has 0 radical (unpaired) electrons. The van der Waals surface area contributed by atoms with Gasteiger partial charge in [0.15, 0.2) is 5.78 Å². The van der Waals surface area contributed by atoms with Gasteiger partial charge in [-0.2, -0.15) is 0 Å². The fourth-order valence-corrected chi connectivity index (χ4v) is 2.49. The van der Waals surface area contributed by atoms with Crippen molar-refractivity contribution in [2.75, 3.05) is 0 Å². The Kier molecular flexibility index (Phi) is 3.52. The topological polar surface area (TPSA) is 30.0 Å². The van der Waals surface area contributed by atoms with Crippen LogP contribution in [0.5, 0.6) is 0 Å². The number of carbonyl (C=O) groups excluding carboxylic acids is 1. The largest absolute Gasteiger partial charge is 0.294 e. The third-order valence-electron chi connectivity index (χ3n) is 2.61. The van der Waals surface area contributed by atoms with Crippen LogP contribution in [0.15, 0.2) is 18.2 Å². The summed E-state index contributed by atoms with van der Waals surface area (Å²) in [6.45, 7) is 3.76. The first-order valence-corrected chi connectivity index (χ1v) is 6.20. The van der Waals surface area contributed by atoms with Crippen molar-refractivity contribution in [3.05, 3.63) is 51.0 Å². The first-order valence-electron chi connectivity index (χ1n) is 5.38. The molecule has 1 aromatic heterocycles. The first kappa shape index (κ1) is 12.8. The Morgan fingerprint density at radius 1 is 1.33 bits per heavy atom. The number of Topliss-reactive ketones (excluding diaryl/α,β-unsaturated/α-hetero) is 1. The molecule has 0 amide bonds. The van der Waals surface area contributed by atoms with E-state index in [1.165, 1.54) is 11.3 Å². The lowest BCUT2D eigenvalue weighted by Crippen LogP contribution is -2.06. The molecule has 0 aliphatic heterocycles. The molecular formula is C13H11F2NOS. The van der Waals surface area contributed by atoms with Crippen LogP contribution in [0.1, 0.15) is 25.9 Å². The number of thiazole rings is 1. The van der Waals surface area contributed by atoms with E-state index in [1.54, 1.807) is 0 Å². The van der Waals surface area contributed by atoms with E-state index in [4.69, 9.17) is 0 Å². The molecule has 0 atom stereocenters. The summed E-state index contributed by atoms with van der Waals surface area (Å²) >= 11 is 1.40. The molecule has 0 fully saturated rings. The Morgan fingerprint density at radius 2 is 2.06 bits per heavy atom. The molecule has 2 aromatic rings. The van der Waals surface area contributed by atoms with E-state index in [0.717, 1.165) is 28.8 Å². The van der Waals surface area contributed by atoms with Crippen LogP contribution in [0.4, 0.5) is 8.78 Å². The molecule has 0 N–H and O–H groups in total. The maximum atomic E-state index is 13.4. The number of carbonyl (C=O) groups is 1. The number of hydrogen-bond donors (Lipinski definition) is 0. The van der Waals surface area contributed by atoms with Crippen LogP contribution in [-0.4, -0.2) is 10.8 Å². The molecule has 0 unspecified atom stereocenters. The van der Waals surface area contributed by atoms with Gasteiger partial charge in [-0.15, -0.1) is 11.3 Å². The van der Waals surface area contributed by atoms with E-state index >= 15 is 0 Å². The summed E-state index contributed by atoms with van der Waals surface area (Å²) in [5, 5.41) is 0.624. The van der Waals surface area contributed by atoms with Crippen molar-refractivity contribution in [3.63, 3.8) is 0 Å². The van der Waals surface area contributed by atoms with Gasteiger partial charge in [-0.3, -0.25) is 4.79 Å². The van der Waals surface area contributed by atoms with Crippen LogP contribution in [0.2, 0.25) is 0 Å². The number of ketones is 1. The van der Waals surface area contributed by atoms with Crippen LogP contribution in [-0.2, 0) is 6.42 Å². The Morgan fingerprint density at radius 3 is 2.67 bits per heavy atom. The lowest BCUT2D eigenvalue weighted by atomic mass is 10.1. The summed E-state index contributed by atoms with van der Waals surface area (Å²) in [5.74, 6) is -1.78. The number of aromatic nitrogens is 1. The first-order chi connectivity index (χ1) is 8.47. The molecule has 94 valence electrons. The zero-order valence-electron chi connectivity index (χ0n) is 9.96. The van der Waals surface area contributed by atoms with E-state index in [9.17, 15) is 13.6 Å². The van der Waals surface area contributed by atoms with Gasteiger partial charge in [0.1, 0.15) is 16.6 Å². The maximum Gasteiger partial charge on any atom is 0.172 e. The minimum atomic E-state index is -0.702. The Labute approximate surface area is 107 Å². The summed E-state index contributed by atoms with van der Waals surface area (Å²) in [6.07, 6.45) is -0.000278. The van der Waals surface area contributed by atoms with Gasteiger partial charge < -0.3 is 0 Å². The average Bonchev–Trinajstić information content (AvgIpc) is 2.61. The molecular weight excluding hydrogens is 256 g/mol. The van der Waals surface area contributed by atoms with Crippen LogP contribution in [0.3, 0.4) is 0 Å². The van der Waals surface area contributed by atoms with Gasteiger partial charge in [0, 0.05) is 4.88 Å². The highest BCUT2D eigenvalue weighted by Gasteiger charge is 2.15. The van der Waals surface area contributed by atoms with Crippen molar-refractivity contribution in [1.82, 2.24) is 4.98 Å². The highest BCUT2D eigenvalue weighted by Crippen LogP contribution is 2.19. The van der Waals surface area contributed by atoms with Crippen LogP contribution in [0.25, 0.3) is 0 Å². The fraction of sp³-hybridized carbons (Fsp3) is 0.231. The lowest BCUT2D eigenvalue weighted by molar-refractivity contribution is 0.0988. The summed E-state index contributed by atoms with van der Waals surface area (Å²) in [7, 11) is 0. The van der Waals surface area contributed by atoms with E-state index < -0.39 is 17.4 Å². The summed E-state index contributed by atoms with van der Waals surface area (Å²) in [5.41, 5.74) is 0.642. The SMILES string of the molecule is Cc1nc(CC(=O)c2cc(F)ccc2F)sc1C. The predicted octanol–water partition coefficient (Wildman–Crippen LogP) is 3.46. The van der Waals surface area contributed by atoms with Crippen LogP contribution in [0, 0.1) is 25.5 Å². The van der Waals surface area contributed by atoms with E-state index in [2.05, 4.69) is 4.98 Å². The van der Waals surface area contributed by atoms with Crippen molar-refractivity contribution in [3.8, 4) is 0 Å². The molecule has 18 heavy (non-hydrogen) atoms. The molecule has 0 spiro atoms. The molecule has 1 heterocycles. The highest BCUT2D eigenvalue weighted by atomic mass is 32.1. The summed E-state index contributed by atoms with van der Waals surface area (Å²) < 4.78 is 26.4. The number of nitrogens with zero attached hydrogens (tertiary/aromatic N) is 1. The zero-order chi connectivity index (χ0) is 13.3. The molecule has 0 aliphatic rings. The van der Waals surface area contributed by atoms with Gasteiger partial charge in [-0.25, -0.2) is 13.8 Å². The second kappa shape index (κ2) is 4.94. The highest BCUT2D eigenvalue weighted by molar-refractivity contribution is 7.11. The van der Waals surface area contributed by atoms with Crippen molar-refractivity contribution >= 4 is 17.1 Å². The number of benzene rings is 1. The standard InChI is InChI=1S/C13H11F2NOS/c1-7-8(2)18-13(16-7)6-12(17)10-5-9(14)3-4-11(10)15/h3-5H,6H2,1-2H3. The monoisotopic (exact) mass is 267 g/mol. The number of aryl methyl sites for hydroxylation is 2. The number of hydrogen-bond acceptors (Lipinski definition) is 3. The van der Waals surface area contributed by atoms with Gasteiger partial charge in [0.25, 0.3) is 0 Å². The van der Waals surface area contributed by atoms with Crippen molar-refractivity contribution < 1.29 is 13.6 Å². The van der Waals surface area contributed by atoms with Crippen molar-refractivity contribution in [1.29, 1.82) is 0 Å². The quantitative estimate of drug-likeness (QED) is 0.797. The Balaban J connectivity index is 2.24. The second-order valence-electron chi connectivity index (χ2n) is 3.97. The summed E-state index contributed by atoms with van der Waals surface area (Å²) in [4.78, 5) is 17.1. The molecule has 1 aromatic carbocycles. The predicted molar refractivity (Wildman–Crippen MR) is 66.0 cm³/mol. The van der Waals surface area contributed by atoms with E-state index in [-0.39, 0.29) is 12.0 Å². The van der Waals surface area contributed by atoms with E-state index in [1.807, 2.05) is 13.8 Å². The van der Waals surface area contributed by atoms with Gasteiger partial charge in [-0.05, 0) is 32.0 Å². The molecule has 2 rings (SSSR count). The smallest absolute Gasteiger partial charge is 0.172 e. The number of halogens is 2. The lowest BCUT2D eigenvalue weighted by Gasteiger charge is -2.00. The normalized spacial score (nSPS) is 10.7. The Bertz CT molecular complexity index is 588. The van der Waals surface area contributed by atoms with Crippen molar-refractivity contribution in [2.24, 2.45) is 0 Å². The van der Waals surface area contributed by atoms with Crippen LogP contribution < -0.4 is 0 Å². The summed E-state index contributed by atoms with van der Waals surface area (Å²) in [6, 6.07) is 2.87. The maximum absolute atomic E-state index is 13.4.